The molecule has 0 aliphatic carbocycles. The lowest BCUT2D eigenvalue weighted by Gasteiger charge is -2.11. The lowest BCUT2D eigenvalue weighted by molar-refractivity contribution is 1.22. The van der Waals surface area contributed by atoms with Gasteiger partial charge in [0.05, 0.1) is 50.5 Å². The molecule has 0 fully saturated rings. The van der Waals surface area contributed by atoms with Gasteiger partial charge in [0, 0.05) is 21.9 Å². The molecule has 8 aromatic rings. The topological polar surface area (TPSA) is 64.5 Å². The van der Waals surface area contributed by atoms with Crippen LogP contribution in [0.5, 0.6) is 0 Å². The molecule has 0 N–H and O–H groups in total. The molecule has 4 aromatic heterocycles. The molecule has 5 nitrogen and oxygen atoms in total. The molecule has 0 bridgehead atoms. The zero-order valence-electron chi connectivity index (χ0n) is 22.5. The van der Waals surface area contributed by atoms with E-state index in [4.69, 9.17) is 24.9 Å². The molecule has 5 heteroatoms. The average molecular weight is 538 g/mol. The minimum Gasteiger partial charge on any atom is -0.245 e. The zero-order chi connectivity index (χ0) is 27.9. The zero-order valence-corrected chi connectivity index (χ0v) is 22.5. The number of para-hydroxylation sites is 2. The van der Waals surface area contributed by atoms with E-state index in [1.807, 2.05) is 84.9 Å². The van der Waals surface area contributed by atoms with Gasteiger partial charge < -0.3 is 0 Å². The SMILES string of the molecule is c1ccc(-c2ccc3ccc4ccc(-c5cccc(-c6nc7ccccc7nc6-c6ccccc6)n5)nc4c3n2)cc1. The van der Waals surface area contributed by atoms with Gasteiger partial charge in [-0.1, -0.05) is 103 Å². The summed E-state index contributed by atoms with van der Waals surface area (Å²) in [5, 5.41) is 2.08. The maximum Gasteiger partial charge on any atom is 0.116 e. The van der Waals surface area contributed by atoms with Gasteiger partial charge in [-0.3, -0.25) is 0 Å². The summed E-state index contributed by atoms with van der Waals surface area (Å²) in [6.45, 7) is 0. The van der Waals surface area contributed by atoms with Crippen LogP contribution in [0.15, 0.2) is 140 Å². The van der Waals surface area contributed by atoms with Crippen molar-refractivity contribution in [2.75, 3.05) is 0 Å². The van der Waals surface area contributed by atoms with Crippen molar-refractivity contribution in [2.24, 2.45) is 0 Å². The van der Waals surface area contributed by atoms with Gasteiger partial charge >= 0.3 is 0 Å². The van der Waals surface area contributed by atoms with Crippen LogP contribution in [0, 0.1) is 0 Å². The maximum atomic E-state index is 5.11. The third-order valence-electron chi connectivity index (χ3n) is 7.46. The number of rotatable bonds is 4. The molecule has 8 rings (SSSR count). The van der Waals surface area contributed by atoms with Gasteiger partial charge in [0.15, 0.2) is 0 Å². The minimum absolute atomic E-state index is 0.738. The van der Waals surface area contributed by atoms with Gasteiger partial charge in [0.25, 0.3) is 0 Å². The van der Waals surface area contributed by atoms with E-state index < -0.39 is 0 Å². The fraction of sp³-hybridized carbons (Fsp3) is 0. The molecule has 0 amide bonds. The molecular weight excluding hydrogens is 514 g/mol. The van der Waals surface area contributed by atoms with E-state index in [1.165, 1.54) is 0 Å². The Hall–Kier alpha value is -5.81. The lowest BCUT2D eigenvalue weighted by Crippen LogP contribution is -1.98. The second-order valence-corrected chi connectivity index (χ2v) is 10.2. The van der Waals surface area contributed by atoms with Crippen molar-refractivity contribution in [1.82, 2.24) is 24.9 Å². The third-order valence-corrected chi connectivity index (χ3v) is 7.46. The highest BCUT2D eigenvalue weighted by Crippen LogP contribution is 2.32. The summed E-state index contributed by atoms with van der Waals surface area (Å²) in [6, 6.07) is 46.8. The predicted octanol–water partition coefficient (Wildman–Crippen LogP) is 8.79. The monoisotopic (exact) mass is 537 g/mol. The molecule has 0 saturated carbocycles. The van der Waals surface area contributed by atoms with Crippen molar-refractivity contribution in [1.29, 1.82) is 0 Å². The summed E-state index contributed by atoms with van der Waals surface area (Å²) in [7, 11) is 0. The second kappa shape index (κ2) is 9.98. The van der Waals surface area contributed by atoms with E-state index >= 15 is 0 Å². The van der Waals surface area contributed by atoms with Crippen LogP contribution in [-0.2, 0) is 0 Å². The molecule has 0 atom stereocenters. The molecule has 0 unspecified atom stereocenters. The smallest absolute Gasteiger partial charge is 0.116 e. The summed E-state index contributed by atoms with van der Waals surface area (Å²) in [4.78, 5) is 25.3. The predicted molar refractivity (Wildman–Crippen MR) is 170 cm³/mol. The fourth-order valence-corrected chi connectivity index (χ4v) is 5.37. The van der Waals surface area contributed by atoms with E-state index in [2.05, 4.69) is 54.6 Å². The molecule has 0 aliphatic heterocycles. The Morgan fingerprint density at radius 1 is 0.286 bits per heavy atom. The van der Waals surface area contributed by atoms with E-state index in [0.29, 0.717) is 0 Å². The molecule has 42 heavy (non-hydrogen) atoms. The number of fused-ring (bicyclic) bond motifs is 4. The molecule has 196 valence electrons. The van der Waals surface area contributed by atoms with Gasteiger partial charge in [0.2, 0.25) is 0 Å². The molecule has 0 spiro atoms. The highest BCUT2D eigenvalue weighted by atomic mass is 14.9. The van der Waals surface area contributed by atoms with Crippen LogP contribution in [0.1, 0.15) is 0 Å². The first-order valence-corrected chi connectivity index (χ1v) is 13.9. The highest BCUT2D eigenvalue weighted by Gasteiger charge is 2.16. The summed E-state index contributed by atoms with van der Waals surface area (Å²) in [5.74, 6) is 0. The number of nitrogens with zero attached hydrogens (tertiary/aromatic N) is 5. The molecular formula is C37H23N5. The van der Waals surface area contributed by atoms with Crippen LogP contribution in [0.2, 0.25) is 0 Å². The quantitative estimate of drug-likeness (QED) is 0.210. The van der Waals surface area contributed by atoms with Gasteiger partial charge in [-0.2, -0.15) is 0 Å². The Morgan fingerprint density at radius 3 is 1.48 bits per heavy atom. The van der Waals surface area contributed by atoms with Crippen LogP contribution in [0.3, 0.4) is 0 Å². The molecule has 0 saturated heterocycles. The number of pyridine rings is 3. The lowest BCUT2D eigenvalue weighted by atomic mass is 10.1. The molecule has 4 heterocycles. The summed E-state index contributed by atoms with van der Waals surface area (Å²) < 4.78 is 0. The summed E-state index contributed by atoms with van der Waals surface area (Å²) >= 11 is 0. The average Bonchev–Trinajstić information content (AvgIpc) is 3.08. The first-order valence-electron chi connectivity index (χ1n) is 13.9. The Morgan fingerprint density at radius 2 is 0.786 bits per heavy atom. The maximum absolute atomic E-state index is 5.11. The van der Waals surface area contributed by atoms with Crippen LogP contribution in [0.4, 0.5) is 0 Å². The summed E-state index contributed by atoms with van der Waals surface area (Å²) in [5.41, 5.74) is 10.2. The number of aromatic nitrogens is 5. The highest BCUT2D eigenvalue weighted by molar-refractivity contribution is 6.04. The number of benzene rings is 4. The van der Waals surface area contributed by atoms with Crippen molar-refractivity contribution >= 4 is 32.8 Å². The first kappa shape index (κ1) is 24.0. The van der Waals surface area contributed by atoms with Crippen molar-refractivity contribution in [3.63, 3.8) is 0 Å². The van der Waals surface area contributed by atoms with Gasteiger partial charge in [0.1, 0.15) is 5.69 Å². The van der Waals surface area contributed by atoms with E-state index in [-0.39, 0.29) is 0 Å². The second-order valence-electron chi connectivity index (χ2n) is 10.2. The van der Waals surface area contributed by atoms with Crippen molar-refractivity contribution in [2.45, 2.75) is 0 Å². The van der Waals surface area contributed by atoms with Crippen LogP contribution < -0.4 is 0 Å². The van der Waals surface area contributed by atoms with Gasteiger partial charge in [-0.25, -0.2) is 24.9 Å². The molecule has 0 radical (unpaired) electrons. The fourth-order valence-electron chi connectivity index (χ4n) is 5.37. The van der Waals surface area contributed by atoms with Crippen LogP contribution in [-0.4, -0.2) is 24.9 Å². The van der Waals surface area contributed by atoms with Gasteiger partial charge in [-0.05, 0) is 36.4 Å². The van der Waals surface area contributed by atoms with Crippen molar-refractivity contribution in [3.05, 3.63) is 140 Å². The van der Waals surface area contributed by atoms with E-state index in [1.54, 1.807) is 0 Å². The Bertz CT molecular complexity index is 2250. The standard InChI is InChI=1S/C37H23N5/c1-3-10-24(11-4-1)28-22-20-26-18-19-27-21-23-32(41-35(27)34(26)39-28)29-16-9-17-33(38-29)37-36(25-12-5-2-6-13-25)40-30-14-7-8-15-31(30)42-37/h1-23H. The Labute approximate surface area is 242 Å². The third kappa shape index (κ3) is 4.25. The van der Waals surface area contributed by atoms with Crippen molar-refractivity contribution < 1.29 is 0 Å². The van der Waals surface area contributed by atoms with Gasteiger partial charge in [-0.15, -0.1) is 0 Å². The normalized spacial score (nSPS) is 11.3. The van der Waals surface area contributed by atoms with E-state index in [9.17, 15) is 0 Å². The first-order chi connectivity index (χ1) is 20.8. The van der Waals surface area contributed by atoms with E-state index in [0.717, 1.165) is 78.1 Å². The molecule has 4 aromatic carbocycles. The minimum atomic E-state index is 0.738. The Balaban J connectivity index is 1.28. The largest absolute Gasteiger partial charge is 0.245 e. The molecule has 0 aliphatic rings. The number of hydrogen-bond acceptors (Lipinski definition) is 5. The Kier molecular flexibility index (Phi) is 5.71. The number of hydrogen-bond donors (Lipinski definition) is 0. The van der Waals surface area contributed by atoms with Crippen molar-refractivity contribution in [3.8, 4) is 45.3 Å². The van der Waals surface area contributed by atoms with Crippen LogP contribution in [0.25, 0.3) is 78.1 Å². The van der Waals surface area contributed by atoms with Crippen LogP contribution >= 0.6 is 0 Å². The summed E-state index contributed by atoms with van der Waals surface area (Å²) in [6.07, 6.45) is 0.